The summed E-state index contributed by atoms with van der Waals surface area (Å²) in [6, 6.07) is 13.6. The molecule has 1 atom stereocenters. The van der Waals surface area contributed by atoms with Crippen LogP contribution < -0.4 is 24.8 Å². The zero-order valence-corrected chi connectivity index (χ0v) is 18.8. The Labute approximate surface area is 190 Å². The Balaban J connectivity index is 1.36. The van der Waals surface area contributed by atoms with Crippen molar-refractivity contribution in [2.75, 3.05) is 25.8 Å². The van der Waals surface area contributed by atoms with Crippen LogP contribution in [0.2, 0.25) is 0 Å². The summed E-state index contributed by atoms with van der Waals surface area (Å²) < 4.78 is 16.4. The van der Waals surface area contributed by atoms with Crippen molar-refractivity contribution in [3.05, 3.63) is 64.7 Å². The van der Waals surface area contributed by atoms with Crippen LogP contribution >= 0.6 is 11.3 Å². The molecule has 2 heterocycles. The van der Waals surface area contributed by atoms with Crippen molar-refractivity contribution in [3.8, 4) is 17.2 Å². The number of hydrogen-bond donors (Lipinski definition) is 2. The maximum atomic E-state index is 13.2. The summed E-state index contributed by atoms with van der Waals surface area (Å²) in [5.41, 5.74) is 1.46. The summed E-state index contributed by atoms with van der Waals surface area (Å²) in [6.45, 7) is 3.07. The van der Waals surface area contributed by atoms with Crippen LogP contribution in [0.15, 0.2) is 48.7 Å². The molecule has 1 unspecified atom stereocenters. The van der Waals surface area contributed by atoms with Crippen LogP contribution in [0.25, 0.3) is 0 Å². The quantitative estimate of drug-likeness (QED) is 0.533. The Hall–Kier alpha value is -3.10. The first-order valence-electron chi connectivity index (χ1n) is 10.7. The van der Waals surface area contributed by atoms with Gasteiger partial charge in [0.15, 0.2) is 16.6 Å². The zero-order valence-electron chi connectivity index (χ0n) is 18.0. The van der Waals surface area contributed by atoms with E-state index in [1.165, 1.54) is 11.3 Å². The molecule has 166 valence electrons. The largest absolute Gasteiger partial charge is 0.496 e. The molecule has 3 aromatic rings. The number of carbonyl (C=O) groups is 1. The summed E-state index contributed by atoms with van der Waals surface area (Å²) >= 11 is 1.48. The highest BCUT2D eigenvalue weighted by molar-refractivity contribution is 7.15. The molecule has 8 heteroatoms. The zero-order chi connectivity index (χ0) is 22.1. The summed E-state index contributed by atoms with van der Waals surface area (Å²) in [7, 11) is 1.67. The van der Waals surface area contributed by atoms with Crippen molar-refractivity contribution in [1.29, 1.82) is 0 Å². The van der Waals surface area contributed by atoms with E-state index in [9.17, 15) is 4.79 Å². The number of methoxy groups -OCH3 is 1. The van der Waals surface area contributed by atoms with Crippen molar-refractivity contribution in [1.82, 2.24) is 10.3 Å². The van der Waals surface area contributed by atoms with Crippen molar-refractivity contribution in [2.24, 2.45) is 0 Å². The SMILES string of the molecule is CCNC(c1cnc(NC(=O)C2(c3ccc4c(c3)OCO4)CC2)s1)c1ccccc1OC. The molecule has 0 bridgehead atoms. The Kier molecular flexibility index (Phi) is 5.48. The molecule has 1 fully saturated rings. The number of amides is 1. The Morgan fingerprint density at radius 1 is 1.22 bits per heavy atom. The molecule has 7 nitrogen and oxygen atoms in total. The monoisotopic (exact) mass is 451 g/mol. The molecule has 0 saturated heterocycles. The first kappa shape index (κ1) is 20.8. The number of carbonyl (C=O) groups excluding carboxylic acids is 1. The summed E-state index contributed by atoms with van der Waals surface area (Å²) in [6.07, 6.45) is 3.43. The number of anilines is 1. The molecule has 0 spiro atoms. The fourth-order valence-electron chi connectivity index (χ4n) is 4.13. The molecule has 5 rings (SSSR count). The first-order valence-corrected chi connectivity index (χ1v) is 11.5. The van der Waals surface area contributed by atoms with E-state index in [1.807, 2.05) is 48.7 Å². The van der Waals surface area contributed by atoms with Crippen LogP contribution in [-0.4, -0.2) is 31.3 Å². The molecule has 2 aromatic carbocycles. The van der Waals surface area contributed by atoms with Crippen LogP contribution in [0.1, 0.15) is 41.8 Å². The van der Waals surface area contributed by atoms with Gasteiger partial charge in [-0.1, -0.05) is 42.5 Å². The van der Waals surface area contributed by atoms with Gasteiger partial charge in [-0.25, -0.2) is 4.98 Å². The number of benzene rings is 2. The van der Waals surface area contributed by atoms with Gasteiger partial charge in [0.25, 0.3) is 0 Å². The smallest absolute Gasteiger partial charge is 0.236 e. The van der Waals surface area contributed by atoms with E-state index < -0.39 is 5.41 Å². The number of aromatic nitrogens is 1. The molecule has 1 aromatic heterocycles. The predicted octanol–water partition coefficient (Wildman–Crippen LogP) is 4.25. The average Bonchev–Trinajstić information content (AvgIpc) is 3.28. The Bertz CT molecular complexity index is 1140. The molecule has 1 amide bonds. The van der Waals surface area contributed by atoms with E-state index in [4.69, 9.17) is 14.2 Å². The summed E-state index contributed by atoms with van der Waals surface area (Å²) in [5, 5.41) is 7.14. The summed E-state index contributed by atoms with van der Waals surface area (Å²) in [4.78, 5) is 18.7. The molecule has 1 aliphatic carbocycles. The second-order valence-electron chi connectivity index (χ2n) is 7.90. The van der Waals surface area contributed by atoms with Crippen LogP contribution in [0, 0.1) is 0 Å². The second kappa shape index (κ2) is 8.44. The fourth-order valence-corrected chi connectivity index (χ4v) is 5.04. The highest BCUT2D eigenvalue weighted by Crippen LogP contribution is 2.51. The van der Waals surface area contributed by atoms with Crippen LogP contribution in [0.5, 0.6) is 17.2 Å². The minimum atomic E-state index is -0.531. The van der Waals surface area contributed by atoms with Crippen LogP contribution in [-0.2, 0) is 10.2 Å². The van der Waals surface area contributed by atoms with Crippen molar-refractivity contribution >= 4 is 22.4 Å². The van der Waals surface area contributed by atoms with E-state index in [0.717, 1.165) is 46.9 Å². The topological polar surface area (TPSA) is 81.7 Å². The lowest BCUT2D eigenvalue weighted by atomic mass is 9.94. The average molecular weight is 452 g/mol. The van der Waals surface area contributed by atoms with Gasteiger partial charge in [0.1, 0.15) is 5.75 Å². The normalized spacial score (nSPS) is 16.4. The standard InChI is InChI=1S/C24H25N3O4S/c1-3-25-21(16-6-4-5-7-17(16)29-2)20-13-26-23(32-20)27-22(28)24(10-11-24)15-8-9-18-19(12-15)31-14-30-18/h4-9,12-13,21,25H,3,10-11,14H2,1-2H3,(H,26,27,28). The van der Waals surface area contributed by atoms with Crippen molar-refractivity contribution in [3.63, 3.8) is 0 Å². The molecule has 1 aliphatic heterocycles. The maximum Gasteiger partial charge on any atom is 0.236 e. The molecule has 1 saturated carbocycles. The van der Waals surface area contributed by atoms with Gasteiger partial charge in [0.05, 0.1) is 18.6 Å². The van der Waals surface area contributed by atoms with Crippen molar-refractivity contribution < 1.29 is 19.0 Å². The molecular formula is C24H25N3O4S. The van der Waals surface area contributed by atoms with E-state index >= 15 is 0 Å². The molecule has 0 radical (unpaired) electrons. The number of ether oxygens (including phenoxy) is 3. The van der Waals surface area contributed by atoms with Gasteiger partial charge in [-0.3, -0.25) is 4.79 Å². The number of fused-ring (bicyclic) bond motifs is 1. The van der Waals surface area contributed by atoms with E-state index in [2.05, 4.69) is 22.5 Å². The molecular weight excluding hydrogens is 426 g/mol. The van der Waals surface area contributed by atoms with Gasteiger partial charge in [-0.2, -0.15) is 0 Å². The number of rotatable bonds is 8. The molecule has 32 heavy (non-hydrogen) atoms. The van der Waals surface area contributed by atoms with Gasteiger partial charge in [0.2, 0.25) is 12.7 Å². The van der Waals surface area contributed by atoms with E-state index in [1.54, 1.807) is 7.11 Å². The van der Waals surface area contributed by atoms with E-state index in [0.29, 0.717) is 10.9 Å². The number of thiazole rings is 1. The maximum absolute atomic E-state index is 13.2. The molecule has 2 N–H and O–H groups in total. The lowest BCUT2D eigenvalue weighted by Gasteiger charge is -2.19. The highest BCUT2D eigenvalue weighted by atomic mass is 32.1. The highest BCUT2D eigenvalue weighted by Gasteiger charge is 2.52. The number of nitrogens with zero attached hydrogens (tertiary/aromatic N) is 1. The third-order valence-corrected chi connectivity index (χ3v) is 6.97. The van der Waals surface area contributed by atoms with Crippen LogP contribution in [0.4, 0.5) is 5.13 Å². The molecule has 2 aliphatic rings. The van der Waals surface area contributed by atoms with Gasteiger partial charge < -0.3 is 24.8 Å². The fraction of sp³-hybridized carbons (Fsp3) is 0.333. The third kappa shape index (κ3) is 3.69. The third-order valence-electron chi connectivity index (χ3n) is 6.00. The minimum absolute atomic E-state index is 0.0328. The predicted molar refractivity (Wildman–Crippen MR) is 123 cm³/mol. The second-order valence-corrected chi connectivity index (χ2v) is 8.97. The van der Waals surface area contributed by atoms with Gasteiger partial charge in [-0.05, 0) is 43.1 Å². The Morgan fingerprint density at radius 2 is 2.03 bits per heavy atom. The van der Waals surface area contributed by atoms with E-state index in [-0.39, 0.29) is 18.7 Å². The van der Waals surface area contributed by atoms with Crippen LogP contribution in [0.3, 0.4) is 0 Å². The number of hydrogen-bond acceptors (Lipinski definition) is 7. The van der Waals surface area contributed by atoms with Gasteiger partial charge in [0, 0.05) is 16.6 Å². The summed E-state index contributed by atoms with van der Waals surface area (Å²) in [5.74, 6) is 2.20. The lowest BCUT2D eigenvalue weighted by molar-refractivity contribution is -0.118. The lowest BCUT2D eigenvalue weighted by Crippen LogP contribution is -2.27. The minimum Gasteiger partial charge on any atom is -0.496 e. The number of nitrogens with one attached hydrogen (secondary N) is 2. The van der Waals surface area contributed by atoms with Gasteiger partial charge in [-0.15, -0.1) is 0 Å². The Morgan fingerprint density at radius 3 is 2.81 bits per heavy atom. The first-order chi connectivity index (χ1) is 15.6. The number of para-hydroxylation sites is 1. The van der Waals surface area contributed by atoms with Gasteiger partial charge >= 0.3 is 0 Å². The van der Waals surface area contributed by atoms with Crippen molar-refractivity contribution in [2.45, 2.75) is 31.2 Å².